The van der Waals surface area contributed by atoms with E-state index in [1.54, 1.807) is 12.4 Å². The van der Waals surface area contributed by atoms with Crippen molar-refractivity contribution in [2.45, 2.75) is 6.54 Å². The minimum atomic E-state index is -0.135. The molecular weight excluding hydrogens is 334 g/mol. The summed E-state index contributed by atoms with van der Waals surface area (Å²) in [6, 6.07) is 25.4. The standard InChI is InChI=1S/C23H19N3O/c27-23(26-22-11-5-7-18-6-1-2-8-19(18)22)20-9-3-4-10-21(20)25-16-17-12-14-24-15-13-17/h1-15,25H,16H2,(H,26,27). The number of para-hydroxylation sites is 1. The first-order valence-corrected chi connectivity index (χ1v) is 8.82. The van der Waals surface area contributed by atoms with E-state index in [2.05, 4.69) is 15.6 Å². The van der Waals surface area contributed by atoms with Crippen LogP contribution in [-0.2, 0) is 6.54 Å². The lowest BCUT2D eigenvalue weighted by Crippen LogP contribution is -2.15. The van der Waals surface area contributed by atoms with Crippen LogP contribution in [0.2, 0.25) is 0 Å². The summed E-state index contributed by atoms with van der Waals surface area (Å²) in [6.07, 6.45) is 3.52. The van der Waals surface area contributed by atoms with Crippen LogP contribution in [0.1, 0.15) is 15.9 Å². The summed E-state index contributed by atoms with van der Waals surface area (Å²) in [4.78, 5) is 17.0. The molecule has 1 heterocycles. The van der Waals surface area contributed by atoms with E-state index < -0.39 is 0 Å². The molecule has 1 aromatic heterocycles. The molecule has 4 nitrogen and oxygen atoms in total. The van der Waals surface area contributed by atoms with Crippen LogP contribution in [-0.4, -0.2) is 10.9 Å². The number of benzene rings is 3. The van der Waals surface area contributed by atoms with E-state index in [1.807, 2.05) is 78.9 Å². The van der Waals surface area contributed by atoms with E-state index in [-0.39, 0.29) is 5.91 Å². The van der Waals surface area contributed by atoms with Crippen molar-refractivity contribution in [1.82, 2.24) is 4.98 Å². The number of amides is 1. The average molecular weight is 353 g/mol. The van der Waals surface area contributed by atoms with Crippen LogP contribution in [0.3, 0.4) is 0 Å². The van der Waals surface area contributed by atoms with Gasteiger partial charge in [0.2, 0.25) is 0 Å². The van der Waals surface area contributed by atoms with E-state index in [1.165, 1.54) is 0 Å². The number of hydrogen-bond donors (Lipinski definition) is 2. The number of anilines is 2. The second kappa shape index (κ2) is 7.70. The molecule has 1 amide bonds. The van der Waals surface area contributed by atoms with E-state index >= 15 is 0 Å². The second-order valence-corrected chi connectivity index (χ2v) is 6.24. The first-order chi connectivity index (χ1) is 13.3. The Hall–Kier alpha value is -3.66. The zero-order valence-electron chi connectivity index (χ0n) is 14.7. The first kappa shape index (κ1) is 16.8. The first-order valence-electron chi connectivity index (χ1n) is 8.82. The molecule has 4 aromatic rings. The Kier molecular flexibility index (Phi) is 4.79. The van der Waals surface area contributed by atoms with Gasteiger partial charge in [0, 0.05) is 35.7 Å². The van der Waals surface area contributed by atoms with Crippen LogP contribution in [0.15, 0.2) is 91.3 Å². The molecule has 0 saturated carbocycles. The zero-order valence-corrected chi connectivity index (χ0v) is 14.7. The molecule has 3 aromatic carbocycles. The molecule has 0 saturated heterocycles. The predicted molar refractivity (Wildman–Crippen MR) is 110 cm³/mol. The van der Waals surface area contributed by atoms with Crippen molar-refractivity contribution in [3.63, 3.8) is 0 Å². The molecule has 0 atom stereocenters. The average Bonchev–Trinajstić information content (AvgIpc) is 2.73. The lowest BCUT2D eigenvalue weighted by molar-refractivity contribution is 0.102. The molecule has 0 bridgehead atoms. The van der Waals surface area contributed by atoms with Gasteiger partial charge in [0.25, 0.3) is 5.91 Å². The molecular formula is C23H19N3O. The van der Waals surface area contributed by atoms with Gasteiger partial charge >= 0.3 is 0 Å². The molecule has 27 heavy (non-hydrogen) atoms. The fourth-order valence-corrected chi connectivity index (χ4v) is 3.06. The van der Waals surface area contributed by atoms with Gasteiger partial charge in [0.05, 0.1) is 5.56 Å². The van der Waals surface area contributed by atoms with Crippen LogP contribution < -0.4 is 10.6 Å². The Balaban J connectivity index is 1.57. The highest BCUT2D eigenvalue weighted by molar-refractivity contribution is 6.11. The Morgan fingerprint density at radius 2 is 1.48 bits per heavy atom. The van der Waals surface area contributed by atoms with Crippen molar-refractivity contribution >= 4 is 28.1 Å². The van der Waals surface area contributed by atoms with E-state index in [9.17, 15) is 4.79 Å². The number of carbonyl (C=O) groups excluding carboxylic acids is 1. The van der Waals surface area contributed by atoms with Gasteiger partial charge in [-0.1, -0.05) is 48.5 Å². The molecule has 0 fully saturated rings. The van der Waals surface area contributed by atoms with Crippen LogP contribution in [0, 0.1) is 0 Å². The molecule has 2 N–H and O–H groups in total. The fraction of sp³-hybridized carbons (Fsp3) is 0.0435. The van der Waals surface area contributed by atoms with E-state index in [4.69, 9.17) is 0 Å². The van der Waals surface area contributed by atoms with Crippen LogP contribution >= 0.6 is 0 Å². The maximum Gasteiger partial charge on any atom is 0.257 e. The highest BCUT2D eigenvalue weighted by Crippen LogP contribution is 2.25. The summed E-state index contributed by atoms with van der Waals surface area (Å²) < 4.78 is 0. The summed E-state index contributed by atoms with van der Waals surface area (Å²) in [5, 5.41) is 8.52. The molecule has 0 aliphatic carbocycles. The van der Waals surface area contributed by atoms with Crippen molar-refractivity contribution in [2.24, 2.45) is 0 Å². The summed E-state index contributed by atoms with van der Waals surface area (Å²) in [6.45, 7) is 0.626. The molecule has 0 aliphatic heterocycles. The SMILES string of the molecule is O=C(Nc1cccc2ccccc12)c1ccccc1NCc1ccncc1. The van der Waals surface area contributed by atoms with Gasteiger partial charge in [-0.15, -0.1) is 0 Å². The molecule has 0 spiro atoms. The third kappa shape index (κ3) is 3.80. The number of nitrogens with zero attached hydrogens (tertiary/aromatic N) is 1. The van der Waals surface area contributed by atoms with Gasteiger partial charge in [0.15, 0.2) is 0 Å². The van der Waals surface area contributed by atoms with E-state index in [0.717, 1.165) is 27.7 Å². The van der Waals surface area contributed by atoms with Crippen LogP contribution in [0.5, 0.6) is 0 Å². The van der Waals surface area contributed by atoms with Gasteiger partial charge in [-0.3, -0.25) is 9.78 Å². The van der Waals surface area contributed by atoms with Gasteiger partial charge < -0.3 is 10.6 Å². The summed E-state index contributed by atoms with van der Waals surface area (Å²) >= 11 is 0. The molecule has 0 aliphatic rings. The largest absolute Gasteiger partial charge is 0.380 e. The Morgan fingerprint density at radius 3 is 2.37 bits per heavy atom. The topological polar surface area (TPSA) is 54.0 Å². The summed E-state index contributed by atoms with van der Waals surface area (Å²) in [5.41, 5.74) is 3.32. The number of aromatic nitrogens is 1. The highest BCUT2D eigenvalue weighted by Gasteiger charge is 2.12. The number of nitrogens with one attached hydrogen (secondary N) is 2. The number of rotatable bonds is 5. The third-order valence-electron chi connectivity index (χ3n) is 4.44. The minimum Gasteiger partial charge on any atom is -0.380 e. The quantitative estimate of drug-likeness (QED) is 0.525. The number of fused-ring (bicyclic) bond motifs is 1. The number of carbonyl (C=O) groups is 1. The van der Waals surface area contributed by atoms with Gasteiger partial charge in [0.1, 0.15) is 0 Å². The van der Waals surface area contributed by atoms with Crippen LogP contribution in [0.25, 0.3) is 10.8 Å². The molecule has 0 unspecified atom stereocenters. The summed E-state index contributed by atoms with van der Waals surface area (Å²) in [5.74, 6) is -0.135. The highest BCUT2D eigenvalue weighted by atomic mass is 16.1. The van der Waals surface area contributed by atoms with Crippen molar-refractivity contribution in [3.05, 3.63) is 102 Å². The molecule has 4 heteroatoms. The maximum atomic E-state index is 12.9. The lowest BCUT2D eigenvalue weighted by atomic mass is 10.1. The van der Waals surface area contributed by atoms with Crippen molar-refractivity contribution in [2.75, 3.05) is 10.6 Å². The molecule has 0 radical (unpaired) electrons. The normalized spacial score (nSPS) is 10.5. The van der Waals surface area contributed by atoms with Gasteiger partial charge in [-0.2, -0.15) is 0 Å². The number of pyridine rings is 1. The smallest absolute Gasteiger partial charge is 0.257 e. The second-order valence-electron chi connectivity index (χ2n) is 6.24. The Morgan fingerprint density at radius 1 is 0.778 bits per heavy atom. The van der Waals surface area contributed by atoms with Crippen molar-refractivity contribution in [1.29, 1.82) is 0 Å². The maximum absolute atomic E-state index is 12.9. The Bertz CT molecular complexity index is 1070. The van der Waals surface area contributed by atoms with Crippen molar-refractivity contribution in [3.8, 4) is 0 Å². The Labute approximate surface area is 157 Å². The number of hydrogen-bond acceptors (Lipinski definition) is 3. The van der Waals surface area contributed by atoms with Gasteiger partial charge in [-0.05, 0) is 41.3 Å². The summed E-state index contributed by atoms with van der Waals surface area (Å²) in [7, 11) is 0. The monoisotopic (exact) mass is 353 g/mol. The minimum absolute atomic E-state index is 0.135. The molecule has 132 valence electrons. The van der Waals surface area contributed by atoms with Gasteiger partial charge in [-0.25, -0.2) is 0 Å². The van der Waals surface area contributed by atoms with Crippen LogP contribution in [0.4, 0.5) is 11.4 Å². The van der Waals surface area contributed by atoms with Crippen molar-refractivity contribution < 1.29 is 4.79 Å². The molecule has 4 rings (SSSR count). The van der Waals surface area contributed by atoms with E-state index in [0.29, 0.717) is 12.1 Å². The predicted octanol–water partition coefficient (Wildman–Crippen LogP) is 5.10. The third-order valence-corrected chi connectivity index (χ3v) is 4.44. The fourth-order valence-electron chi connectivity index (χ4n) is 3.06. The zero-order chi connectivity index (χ0) is 18.5. The lowest BCUT2D eigenvalue weighted by Gasteiger charge is -2.13.